The number of rotatable bonds is 9. The quantitative estimate of drug-likeness (QED) is 0.138. The Morgan fingerprint density at radius 3 is 0.712 bits per heavy atom. The molecule has 9 aromatic heterocycles. The molecule has 0 aliphatic carbocycles. The lowest BCUT2D eigenvalue weighted by Gasteiger charge is -2.14. The zero-order valence-corrected chi connectivity index (χ0v) is 71.7. The number of para-hydroxylation sites is 6. The minimum Gasteiger partial charge on any atom is -0.309 e. The lowest BCUT2D eigenvalue weighted by molar-refractivity contribution is 1.18. The molecule has 0 spiro atoms. The Bertz CT molecular complexity index is 9830. The van der Waals surface area contributed by atoms with Crippen LogP contribution in [0.4, 0.5) is 0 Å². The van der Waals surface area contributed by atoms with E-state index in [1.165, 1.54) is 264 Å². The van der Waals surface area contributed by atoms with Crippen LogP contribution in [0.1, 0.15) is 0 Å². The van der Waals surface area contributed by atoms with Gasteiger partial charge in [0.1, 0.15) is 0 Å². The molecule has 6 heteroatoms. The van der Waals surface area contributed by atoms with E-state index in [9.17, 15) is 0 Å². The predicted octanol–water partition coefficient (Wildman–Crippen LogP) is 33.8. The van der Waals surface area contributed by atoms with Crippen LogP contribution < -0.4 is 0 Å². The first-order valence-corrected chi connectivity index (χ1v) is 45.6. The third kappa shape index (κ3) is 10.8. The molecule has 132 heavy (non-hydrogen) atoms. The minimum atomic E-state index is 1.17. The zero-order chi connectivity index (χ0) is 86.3. The highest BCUT2D eigenvalue weighted by atomic mass is 15.0. The summed E-state index contributed by atoms with van der Waals surface area (Å²) in [7, 11) is 0. The van der Waals surface area contributed by atoms with Crippen LogP contribution in [0, 0.1) is 0 Å². The molecule has 6 nitrogen and oxygen atoms in total. The third-order valence-corrected chi connectivity index (χ3v) is 28.3. The van der Waals surface area contributed by atoms with Crippen molar-refractivity contribution in [3.63, 3.8) is 0 Å². The van der Waals surface area contributed by atoms with E-state index in [2.05, 4.69) is 500 Å². The Kier molecular flexibility index (Phi) is 16.2. The highest BCUT2D eigenvalue weighted by molar-refractivity contribution is 6.37. The monoisotopic (exact) mass is 1670 g/mol. The van der Waals surface area contributed by atoms with Crippen molar-refractivity contribution in [3.8, 4) is 83.8 Å². The maximum absolute atomic E-state index is 2.50. The highest BCUT2D eigenvalue weighted by Crippen LogP contribution is 2.51. The third-order valence-electron chi connectivity index (χ3n) is 28.3. The summed E-state index contributed by atoms with van der Waals surface area (Å²) in [6.07, 6.45) is 0. The Balaban J connectivity index is 0.0000000991. The van der Waals surface area contributed by atoms with Crippen LogP contribution in [0.5, 0.6) is 0 Å². The molecule has 0 aliphatic heterocycles. The Morgan fingerprint density at radius 2 is 0.356 bits per heavy atom. The lowest BCUT2D eigenvalue weighted by Crippen LogP contribution is -1.96. The van der Waals surface area contributed by atoms with E-state index in [0.717, 1.165) is 0 Å². The van der Waals surface area contributed by atoms with Crippen molar-refractivity contribution in [2.45, 2.75) is 0 Å². The summed E-state index contributed by atoms with van der Waals surface area (Å²) in [4.78, 5) is 0. The van der Waals surface area contributed by atoms with Crippen LogP contribution in [-0.4, -0.2) is 26.9 Å². The second-order valence-corrected chi connectivity index (χ2v) is 35.2. The summed E-state index contributed by atoms with van der Waals surface area (Å²) >= 11 is 0. The SMILES string of the molecule is c1ccc(-c2cc(-c3ccccc3)cc(-n3c4cccc5c6ccccc6n6c7ccccc7c7ccc3c(c54)c76)c2)cc1.c1ccc(-c2ccccc2-c2ccc(-n3c4cccc5c6ccccc6n6c7ccccc7c7ccc3c(c54)c76)cc2)cc1.c1ccc(-c2ccccc2-c2cccc(-n3c4cccc5c6ccccc6n6c7ccccc7c7ccc3c(c54)c76)c2)cc1. The molecule has 0 saturated carbocycles. The van der Waals surface area contributed by atoms with Crippen molar-refractivity contribution in [2.24, 2.45) is 0 Å². The van der Waals surface area contributed by atoms with Crippen LogP contribution in [0.25, 0.3) is 264 Å². The molecule has 0 N–H and O–H groups in total. The van der Waals surface area contributed by atoms with Crippen molar-refractivity contribution in [1.82, 2.24) is 26.9 Å². The number of aromatic nitrogens is 6. The molecule has 0 atom stereocenters. The van der Waals surface area contributed by atoms with Gasteiger partial charge in [-0.15, -0.1) is 0 Å². The molecule has 0 radical (unpaired) electrons. The Hall–Kier alpha value is -17.6. The Labute approximate surface area is 758 Å². The topological polar surface area (TPSA) is 28.0 Å². The van der Waals surface area contributed by atoms with E-state index >= 15 is 0 Å². The molecular weight excluding hydrogens is 1600 g/mol. The van der Waals surface area contributed by atoms with E-state index in [-0.39, 0.29) is 0 Å². The smallest absolute Gasteiger partial charge is 0.0641 e. The molecule has 0 aliphatic rings. The first kappa shape index (κ1) is 73.6. The van der Waals surface area contributed by atoms with E-state index in [1.54, 1.807) is 0 Å². The fraction of sp³-hybridized carbons (Fsp3) is 0. The molecular formula is C126H78N6. The molecule has 0 unspecified atom stereocenters. The molecule has 0 fully saturated rings. The van der Waals surface area contributed by atoms with Crippen LogP contribution >= 0.6 is 0 Å². The van der Waals surface area contributed by atoms with Crippen LogP contribution in [0.2, 0.25) is 0 Å². The molecule has 9 heterocycles. The first-order chi connectivity index (χ1) is 65.6. The van der Waals surface area contributed by atoms with Crippen molar-refractivity contribution in [1.29, 1.82) is 0 Å². The molecule has 612 valence electrons. The molecule has 0 bridgehead atoms. The van der Waals surface area contributed by atoms with Gasteiger partial charge in [0.15, 0.2) is 0 Å². The van der Waals surface area contributed by atoms with E-state index < -0.39 is 0 Å². The average Bonchev–Trinajstić information content (AvgIpc) is 1.53. The Morgan fingerprint density at radius 1 is 0.114 bits per heavy atom. The highest BCUT2D eigenvalue weighted by Gasteiger charge is 2.29. The lowest BCUT2D eigenvalue weighted by atomic mass is 9.94. The summed E-state index contributed by atoms with van der Waals surface area (Å²) < 4.78 is 14.9. The van der Waals surface area contributed by atoms with E-state index in [1.807, 2.05) is 0 Å². The maximum Gasteiger partial charge on any atom is 0.0641 e. The van der Waals surface area contributed by atoms with Gasteiger partial charge in [-0.3, -0.25) is 0 Å². The maximum atomic E-state index is 2.50. The number of benzene rings is 21. The van der Waals surface area contributed by atoms with Gasteiger partial charge in [-0.1, -0.05) is 358 Å². The van der Waals surface area contributed by atoms with Crippen LogP contribution in [0.3, 0.4) is 0 Å². The molecule has 0 saturated heterocycles. The van der Waals surface area contributed by atoms with Crippen molar-refractivity contribution in [2.75, 3.05) is 0 Å². The van der Waals surface area contributed by atoms with E-state index in [4.69, 9.17) is 0 Å². The average molecular weight is 1680 g/mol. The summed E-state index contributed by atoms with van der Waals surface area (Å²) in [6, 6.07) is 173. The second-order valence-electron chi connectivity index (χ2n) is 35.2. The standard InChI is InChI=1S/3C42H26N2/c1-3-12-27(13-4-1)29-24-30(28-14-5-2-6-15-28)26-31(25-29)43-38-21-11-18-34-32-16-7-9-19-36(32)44-37-20-10-8-17-33(37)35-22-23-39(43)41(40(34)38)42(35)44;1-2-12-27(13-3-1)30-16-4-5-17-31(30)28-14-10-15-29(26-28)43-38-23-11-20-34-32-18-6-8-21-36(32)44-37-22-9-7-19-33(37)35-24-25-39(43)41(40(34)38)42(35)44;1-2-11-27(12-3-1)30-13-4-5-14-31(30)28-21-23-29(24-22-28)43-38-20-10-17-34-32-15-6-8-18-36(32)44-37-19-9-7-16-33(37)35-25-26-39(43)41(40(34)38)42(35)44/h3*1-26H. The number of fused-ring (bicyclic) bond motifs is 18. The van der Waals surface area contributed by atoms with Gasteiger partial charge < -0.3 is 26.9 Å². The van der Waals surface area contributed by atoms with Gasteiger partial charge in [-0.25, -0.2) is 0 Å². The van der Waals surface area contributed by atoms with Gasteiger partial charge in [0, 0.05) is 97.9 Å². The predicted molar refractivity (Wildman–Crippen MR) is 559 cm³/mol. The first-order valence-electron chi connectivity index (χ1n) is 45.6. The van der Waals surface area contributed by atoms with Crippen molar-refractivity contribution < 1.29 is 0 Å². The van der Waals surface area contributed by atoms with Gasteiger partial charge in [-0.05, 0) is 198 Å². The normalized spacial score (nSPS) is 12.1. The second kappa shape index (κ2) is 29.0. The summed E-state index contributed by atoms with van der Waals surface area (Å²) in [5.41, 5.74) is 36.9. The molecule has 30 aromatic rings. The van der Waals surface area contributed by atoms with Gasteiger partial charge in [0.2, 0.25) is 0 Å². The van der Waals surface area contributed by atoms with E-state index in [0.29, 0.717) is 0 Å². The molecule has 30 rings (SSSR count). The number of nitrogens with zero attached hydrogens (tertiary/aromatic N) is 6. The summed E-state index contributed by atoms with van der Waals surface area (Å²) in [6.45, 7) is 0. The molecule has 0 amide bonds. The fourth-order valence-electron chi connectivity index (χ4n) is 22.9. The van der Waals surface area contributed by atoms with Gasteiger partial charge in [0.05, 0.1) is 82.8 Å². The van der Waals surface area contributed by atoms with Crippen molar-refractivity contribution in [3.05, 3.63) is 473 Å². The zero-order valence-electron chi connectivity index (χ0n) is 71.7. The largest absolute Gasteiger partial charge is 0.309 e. The number of hydrogen-bond acceptors (Lipinski definition) is 0. The number of hydrogen-bond donors (Lipinski definition) is 0. The summed E-state index contributed by atoms with van der Waals surface area (Å²) in [5, 5.41) is 23.3. The van der Waals surface area contributed by atoms with Gasteiger partial charge in [-0.2, -0.15) is 0 Å². The molecule has 21 aromatic carbocycles. The van der Waals surface area contributed by atoms with Gasteiger partial charge >= 0.3 is 0 Å². The fourth-order valence-corrected chi connectivity index (χ4v) is 22.9. The van der Waals surface area contributed by atoms with Gasteiger partial charge in [0.25, 0.3) is 0 Å². The van der Waals surface area contributed by atoms with Crippen LogP contribution in [-0.2, 0) is 0 Å². The van der Waals surface area contributed by atoms with Crippen molar-refractivity contribution >= 4 is 180 Å². The minimum absolute atomic E-state index is 1.17. The summed E-state index contributed by atoms with van der Waals surface area (Å²) in [5.74, 6) is 0. The van der Waals surface area contributed by atoms with Crippen LogP contribution in [0.15, 0.2) is 473 Å².